The van der Waals surface area contributed by atoms with Crippen LogP contribution in [0.5, 0.6) is 11.5 Å². The van der Waals surface area contributed by atoms with Crippen LogP contribution >= 0.6 is 12.4 Å². The third kappa shape index (κ3) is 4.92. The van der Waals surface area contributed by atoms with Crippen molar-refractivity contribution in [2.75, 3.05) is 13.7 Å². The molecular formula is C15H26ClNO2. The largest absolute Gasteiger partial charge is 0.493 e. The van der Waals surface area contributed by atoms with Crippen LogP contribution < -0.4 is 15.2 Å². The van der Waals surface area contributed by atoms with Gasteiger partial charge in [-0.15, -0.1) is 12.4 Å². The van der Waals surface area contributed by atoms with Gasteiger partial charge < -0.3 is 15.2 Å². The number of hydrogen-bond donors (Lipinski definition) is 1. The quantitative estimate of drug-likeness (QED) is 0.836. The van der Waals surface area contributed by atoms with Crippen molar-refractivity contribution in [3.63, 3.8) is 0 Å². The third-order valence-electron chi connectivity index (χ3n) is 3.17. The number of hydrogen-bond acceptors (Lipinski definition) is 3. The molecule has 1 aromatic rings. The SMILES string of the molecule is CCOc1cc(CC(N)CC)c(CC)cc1OC.Cl. The summed E-state index contributed by atoms with van der Waals surface area (Å²) in [5.41, 5.74) is 8.62. The minimum absolute atomic E-state index is 0. The van der Waals surface area contributed by atoms with Crippen LogP contribution in [0.2, 0.25) is 0 Å². The first-order valence-corrected chi connectivity index (χ1v) is 6.74. The summed E-state index contributed by atoms with van der Waals surface area (Å²) in [6, 6.07) is 4.36. The number of benzene rings is 1. The first-order chi connectivity index (χ1) is 8.65. The molecular weight excluding hydrogens is 262 g/mol. The van der Waals surface area contributed by atoms with Crippen LogP contribution in [-0.2, 0) is 12.8 Å². The zero-order chi connectivity index (χ0) is 13.5. The average Bonchev–Trinajstić information content (AvgIpc) is 2.39. The maximum Gasteiger partial charge on any atom is 0.161 e. The Kier molecular flexibility index (Phi) is 8.61. The molecule has 0 fully saturated rings. The fraction of sp³-hybridized carbons (Fsp3) is 0.600. The number of methoxy groups -OCH3 is 1. The number of nitrogens with two attached hydrogens (primary N) is 1. The molecule has 0 heterocycles. The predicted molar refractivity (Wildman–Crippen MR) is 82.8 cm³/mol. The maximum absolute atomic E-state index is 6.05. The van der Waals surface area contributed by atoms with E-state index < -0.39 is 0 Å². The van der Waals surface area contributed by atoms with Crippen molar-refractivity contribution < 1.29 is 9.47 Å². The monoisotopic (exact) mass is 287 g/mol. The number of rotatable bonds is 7. The topological polar surface area (TPSA) is 44.5 Å². The van der Waals surface area contributed by atoms with Gasteiger partial charge in [0.2, 0.25) is 0 Å². The molecule has 0 radical (unpaired) electrons. The molecule has 0 aromatic heterocycles. The molecule has 1 aromatic carbocycles. The van der Waals surface area contributed by atoms with Gasteiger partial charge in [0.1, 0.15) is 0 Å². The molecule has 4 heteroatoms. The first kappa shape index (κ1) is 18.1. The minimum Gasteiger partial charge on any atom is -0.493 e. The Labute approximate surface area is 122 Å². The molecule has 0 amide bonds. The van der Waals surface area contributed by atoms with E-state index in [0.717, 1.165) is 30.8 Å². The Bertz CT molecular complexity index is 383. The van der Waals surface area contributed by atoms with Gasteiger partial charge in [-0.2, -0.15) is 0 Å². The predicted octanol–water partition coefficient (Wildman–Crippen LogP) is 3.36. The van der Waals surface area contributed by atoms with Crippen LogP contribution in [0, 0.1) is 0 Å². The van der Waals surface area contributed by atoms with Crippen molar-refractivity contribution in [2.45, 2.75) is 46.1 Å². The van der Waals surface area contributed by atoms with Crippen molar-refractivity contribution >= 4 is 12.4 Å². The first-order valence-electron chi connectivity index (χ1n) is 6.74. The fourth-order valence-electron chi connectivity index (χ4n) is 2.02. The highest BCUT2D eigenvalue weighted by atomic mass is 35.5. The molecule has 0 bridgehead atoms. The molecule has 0 aliphatic carbocycles. The van der Waals surface area contributed by atoms with E-state index in [1.807, 2.05) is 6.92 Å². The van der Waals surface area contributed by atoms with Gasteiger partial charge in [-0.1, -0.05) is 13.8 Å². The standard InChI is InChI=1S/C15H25NO2.ClH/c1-5-11-9-14(17-4)15(18-7-3)10-12(11)8-13(16)6-2;/h9-10,13H,5-8,16H2,1-4H3;1H. The fourth-order valence-corrected chi connectivity index (χ4v) is 2.02. The molecule has 1 unspecified atom stereocenters. The van der Waals surface area contributed by atoms with Gasteiger partial charge in [0.25, 0.3) is 0 Å². The van der Waals surface area contributed by atoms with Crippen LogP contribution in [0.25, 0.3) is 0 Å². The van der Waals surface area contributed by atoms with Gasteiger partial charge in [0.15, 0.2) is 11.5 Å². The summed E-state index contributed by atoms with van der Waals surface area (Å²) in [5, 5.41) is 0. The summed E-state index contributed by atoms with van der Waals surface area (Å²) in [7, 11) is 1.68. The van der Waals surface area contributed by atoms with E-state index in [1.54, 1.807) is 7.11 Å². The third-order valence-corrected chi connectivity index (χ3v) is 3.17. The highest BCUT2D eigenvalue weighted by Gasteiger charge is 2.12. The second kappa shape index (κ2) is 9.05. The smallest absolute Gasteiger partial charge is 0.161 e. The molecule has 1 atom stereocenters. The van der Waals surface area contributed by atoms with Crippen LogP contribution in [-0.4, -0.2) is 19.8 Å². The lowest BCUT2D eigenvalue weighted by Gasteiger charge is -2.17. The number of aryl methyl sites for hydroxylation is 1. The lowest BCUT2D eigenvalue weighted by atomic mass is 9.97. The van der Waals surface area contributed by atoms with Crippen LogP contribution in [0.4, 0.5) is 0 Å². The summed E-state index contributed by atoms with van der Waals surface area (Å²) in [4.78, 5) is 0. The summed E-state index contributed by atoms with van der Waals surface area (Å²) < 4.78 is 11.0. The van der Waals surface area contributed by atoms with Crippen LogP contribution in [0.1, 0.15) is 38.3 Å². The highest BCUT2D eigenvalue weighted by Crippen LogP contribution is 2.31. The summed E-state index contributed by atoms with van der Waals surface area (Å²) in [6.45, 7) is 6.88. The molecule has 1 rings (SSSR count). The molecule has 0 saturated heterocycles. The summed E-state index contributed by atoms with van der Waals surface area (Å²) in [5.74, 6) is 1.62. The average molecular weight is 288 g/mol. The Hall–Kier alpha value is -0.930. The molecule has 110 valence electrons. The second-order valence-corrected chi connectivity index (χ2v) is 4.43. The van der Waals surface area contributed by atoms with Gasteiger partial charge >= 0.3 is 0 Å². The Morgan fingerprint density at radius 1 is 1.11 bits per heavy atom. The van der Waals surface area contributed by atoms with Crippen LogP contribution in [0.15, 0.2) is 12.1 Å². The van der Waals surface area contributed by atoms with Crippen LogP contribution in [0.3, 0.4) is 0 Å². The molecule has 3 nitrogen and oxygen atoms in total. The van der Waals surface area contributed by atoms with E-state index >= 15 is 0 Å². The molecule has 2 N–H and O–H groups in total. The maximum atomic E-state index is 6.05. The molecule has 0 saturated carbocycles. The Morgan fingerprint density at radius 3 is 2.21 bits per heavy atom. The summed E-state index contributed by atoms with van der Waals surface area (Å²) in [6.07, 6.45) is 2.86. The molecule has 0 spiro atoms. The lowest BCUT2D eigenvalue weighted by molar-refractivity contribution is 0.310. The van der Waals surface area contributed by atoms with Crippen molar-refractivity contribution in [1.29, 1.82) is 0 Å². The zero-order valence-corrected chi connectivity index (χ0v) is 13.2. The van der Waals surface area contributed by atoms with Gasteiger partial charge in [-0.25, -0.2) is 0 Å². The Morgan fingerprint density at radius 2 is 1.74 bits per heavy atom. The van der Waals surface area contributed by atoms with Crippen molar-refractivity contribution in [3.05, 3.63) is 23.3 Å². The highest BCUT2D eigenvalue weighted by molar-refractivity contribution is 5.85. The summed E-state index contributed by atoms with van der Waals surface area (Å²) >= 11 is 0. The Balaban J connectivity index is 0.00000324. The zero-order valence-electron chi connectivity index (χ0n) is 12.4. The molecule has 0 aliphatic rings. The van der Waals surface area contributed by atoms with Crippen molar-refractivity contribution in [1.82, 2.24) is 0 Å². The van der Waals surface area contributed by atoms with Crippen molar-refractivity contribution in [2.24, 2.45) is 5.73 Å². The van der Waals surface area contributed by atoms with E-state index in [2.05, 4.69) is 26.0 Å². The van der Waals surface area contributed by atoms with Gasteiger partial charge in [0.05, 0.1) is 13.7 Å². The van der Waals surface area contributed by atoms with E-state index in [9.17, 15) is 0 Å². The van der Waals surface area contributed by atoms with E-state index in [0.29, 0.717) is 6.61 Å². The number of ether oxygens (including phenoxy) is 2. The number of halogens is 1. The second-order valence-electron chi connectivity index (χ2n) is 4.43. The van der Waals surface area contributed by atoms with Crippen molar-refractivity contribution in [3.8, 4) is 11.5 Å². The normalized spacial score (nSPS) is 11.6. The molecule has 19 heavy (non-hydrogen) atoms. The van der Waals surface area contributed by atoms with E-state index in [4.69, 9.17) is 15.2 Å². The minimum atomic E-state index is 0. The van der Waals surface area contributed by atoms with Gasteiger partial charge in [-0.05, 0) is 49.4 Å². The van der Waals surface area contributed by atoms with Gasteiger partial charge in [0, 0.05) is 6.04 Å². The van der Waals surface area contributed by atoms with E-state index in [-0.39, 0.29) is 18.4 Å². The lowest BCUT2D eigenvalue weighted by Crippen LogP contribution is -2.22. The van der Waals surface area contributed by atoms with Gasteiger partial charge in [-0.3, -0.25) is 0 Å². The van der Waals surface area contributed by atoms with E-state index in [1.165, 1.54) is 11.1 Å². The molecule has 0 aliphatic heterocycles.